The molecule has 0 unspecified atom stereocenters. The lowest BCUT2D eigenvalue weighted by molar-refractivity contribution is 0.616. The highest BCUT2D eigenvalue weighted by Gasteiger charge is 2.07. The Morgan fingerprint density at radius 3 is 2.55 bits per heavy atom. The SMILES string of the molecule is Bc1nn(CCN)c(Br)c1Br. The van der Waals surface area contributed by atoms with Gasteiger partial charge in [0.25, 0.3) is 0 Å². The molecule has 0 aliphatic carbocycles. The van der Waals surface area contributed by atoms with Crippen LogP contribution >= 0.6 is 31.9 Å². The molecule has 2 N–H and O–H groups in total. The van der Waals surface area contributed by atoms with E-state index in [0.29, 0.717) is 6.54 Å². The Balaban J connectivity index is 2.98. The second kappa shape index (κ2) is 3.73. The average Bonchev–Trinajstić information content (AvgIpc) is 2.19. The minimum atomic E-state index is 0.603. The molecule has 60 valence electrons. The minimum Gasteiger partial charge on any atom is -0.329 e. The van der Waals surface area contributed by atoms with Gasteiger partial charge in [-0.3, -0.25) is 4.68 Å². The Morgan fingerprint density at radius 2 is 2.18 bits per heavy atom. The predicted octanol–water partition coefficient (Wildman–Crippen LogP) is -0.375. The molecule has 3 nitrogen and oxygen atoms in total. The van der Waals surface area contributed by atoms with Gasteiger partial charge in [-0.25, -0.2) is 0 Å². The molecule has 1 heterocycles. The van der Waals surface area contributed by atoms with Gasteiger partial charge in [-0.2, -0.15) is 5.10 Å². The van der Waals surface area contributed by atoms with E-state index in [0.717, 1.165) is 21.2 Å². The zero-order chi connectivity index (χ0) is 8.43. The summed E-state index contributed by atoms with van der Waals surface area (Å²) in [5, 5.41) is 4.24. The second-order valence-corrected chi connectivity index (χ2v) is 3.75. The van der Waals surface area contributed by atoms with E-state index in [-0.39, 0.29) is 0 Å². The van der Waals surface area contributed by atoms with Crippen LogP contribution < -0.4 is 11.3 Å². The van der Waals surface area contributed by atoms with Gasteiger partial charge in [-0.1, -0.05) is 0 Å². The van der Waals surface area contributed by atoms with Crippen LogP contribution in [0.25, 0.3) is 0 Å². The minimum absolute atomic E-state index is 0.603. The van der Waals surface area contributed by atoms with Gasteiger partial charge in [-0.05, 0) is 31.9 Å². The normalized spacial score (nSPS) is 10.5. The summed E-state index contributed by atoms with van der Waals surface area (Å²) in [6.45, 7) is 1.35. The van der Waals surface area contributed by atoms with Crippen molar-refractivity contribution in [3.05, 3.63) is 9.08 Å². The summed E-state index contributed by atoms with van der Waals surface area (Å²) in [5.74, 6) is 0. The first kappa shape index (κ1) is 9.28. The van der Waals surface area contributed by atoms with Gasteiger partial charge in [0, 0.05) is 12.1 Å². The number of hydrogen-bond donors (Lipinski definition) is 1. The molecule has 11 heavy (non-hydrogen) atoms. The molecule has 0 saturated heterocycles. The molecule has 0 bridgehead atoms. The van der Waals surface area contributed by atoms with Crippen molar-refractivity contribution in [3.8, 4) is 0 Å². The molecule has 0 aromatic carbocycles. The van der Waals surface area contributed by atoms with Crippen LogP contribution in [0.2, 0.25) is 0 Å². The zero-order valence-corrected chi connectivity index (χ0v) is 9.31. The summed E-state index contributed by atoms with van der Waals surface area (Å²) < 4.78 is 3.80. The highest BCUT2D eigenvalue weighted by molar-refractivity contribution is 9.13. The van der Waals surface area contributed by atoms with Crippen molar-refractivity contribution in [2.24, 2.45) is 5.73 Å². The fraction of sp³-hybridized carbons (Fsp3) is 0.400. The maximum atomic E-state index is 5.39. The van der Waals surface area contributed by atoms with Gasteiger partial charge in [0.05, 0.1) is 11.0 Å². The summed E-state index contributed by atoms with van der Waals surface area (Å²) in [4.78, 5) is 0. The Hall–Kier alpha value is 0.195. The van der Waals surface area contributed by atoms with E-state index >= 15 is 0 Å². The highest BCUT2D eigenvalue weighted by Crippen LogP contribution is 2.19. The Labute approximate surface area is 83.0 Å². The molecule has 0 atom stereocenters. The molecule has 1 aromatic heterocycles. The summed E-state index contributed by atoms with van der Waals surface area (Å²) in [7, 11) is 1.95. The monoisotopic (exact) mass is 279 g/mol. The van der Waals surface area contributed by atoms with Crippen LogP contribution in [0.3, 0.4) is 0 Å². The van der Waals surface area contributed by atoms with Gasteiger partial charge in [0.2, 0.25) is 0 Å². The van der Waals surface area contributed by atoms with E-state index in [1.807, 2.05) is 12.5 Å². The van der Waals surface area contributed by atoms with Gasteiger partial charge in [0.15, 0.2) is 7.85 Å². The molecule has 0 radical (unpaired) electrons. The van der Waals surface area contributed by atoms with Crippen molar-refractivity contribution in [2.45, 2.75) is 6.54 Å². The van der Waals surface area contributed by atoms with Crippen molar-refractivity contribution in [3.63, 3.8) is 0 Å². The van der Waals surface area contributed by atoms with E-state index < -0.39 is 0 Å². The number of rotatable bonds is 2. The predicted molar refractivity (Wildman–Crippen MR) is 54.9 cm³/mol. The van der Waals surface area contributed by atoms with E-state index in [1.165, 1.54) is 0 Å². The van der Waals surface area contributed by atoms with E-state index in [9.17, 15) is 0 Å². The smallest absolute Gasteiger partial charge is 0.168 e. The largest absolute Gasteiger partial charge is 0.329 e. The van der Waals surface area contributed by atoms with Crippen molar-refractivity contribution in [2.75, 3.05) is 6.54 Å². The third kappa shape index (κ3) is 1.86. The Bertz CT molecular complexity index is 260. The summed E-state index contributed by atoms with van der Waals surface area (Å²) in [6, 6.07) is 0. The van der Waals surface area contributed by atoms with Gasteiger partial charge in [0.1, 0.15) is 4.60 Å². The highest BCUT2D eigenvalue weighted by atomic mass is 79.9. The number of hydrogen-bond acceptors (Lipinski definition) is 2. The fourth-order valence-electron chi connectivity index (χ4n) is 0.802. The van der Waals surface area contributed by atoms with Gasteiger partial charge in [-0.15, -0.1) is 0 Å². The number of halogens is 2. The van der Waals surface area contributed by atoms with E-state index in [1.54, 1.807) is 0 Å². The van der Waals surface area contributed by atoms with Crippen LogP contribution in [0.1, 0.15) is 0 Å². The van der Waals surface area contributed by atoms with E-state index in [4.69, 9.17) is 5.73 Å². The maximum Gasteiger partial charge on any atom is 0.168 e. The topological polar surface area (TPSA) is 43.8 Å². The third-order valence-electron chi connectivity index (χ3n) is 1.34. The van der Waals surface area contributed by atoms with Crippen LogP contribution in [0.5, 0.6) is 0 Å². The van der Waals surface area contributed by atoms with Crippen molar-refractivity contribution in [1.82, 2.24) is 9.78 Å². The third-order valence-corrected chi connectivity index (χ3v) is 3.62. The Kier molecular flexibility index (Phi) is 3.15. The molecular weight excluding hydrogens is 273 g/mol. The molecule has 0 amide bonds. The molecule has 0 fully saturated rings. The second-order valence-electron chi connectivity index (χ2n) is 2.20. The van der Waals surface area contributed by atoms with Crippen LogP contribution in [0, 0.1) is 0 Å². The quantitative estimate of drug-likeness (QED) is 0.751. The van der Waals surface area contributed by atoms with Crippen LogP contribution in [-0.4, -0.2) is 24.2 Å². The lowest BCUT2D eigenvalue weighted by Crippen LogP contribution is -2.14. The van der Waals surface area contributed by atoms with Crippen LogP contribution in [0.4, 0.5) is 0 Å². The standard InChI is InChI=1S/C5H8BBr2N3/c6-4-3(7)5(8)11(10-4)2-1-9/h1-2,6,9H2. The summed E-state index contributed by atoms with van der Waals surface area (Å²) in [5.41, 5.74) is 6.37. The number of nitrogens with zero attached hydrogens (tertiary/aromatic N) is 2. The number of aromatic nitrogens is 2. The molecule has 6 heteroatoms. The molecule has 1 aromatic rings. The summed E-state index contributed by atoms with van der Waals surface area (Å²) in [6.07, 6.45) is 0. The van der Waals surface area contributed by atoms with Crippen LogP contribution in [-0.2, 0) is 6.54 Å². The van der Waals surface area contributed by atoms with Crippen molar-refractivity contribution < 1.29 is 0 Å². The van der Waals surface area contributed by atoms with Gasteiger partial charge >= 0.3 is 0 Å². The first-order valence-electron chi connectivity index (χ1n) is 3.25. The lowest BCUT2D eigenvalue weighted by Gasteiger charge is -1.98. The molecule has 0 spiro atoms. The zero-order valence-electron chi connectivity index (χ0n) is 6.14. The molecule has 0 aliphatic rings. The Morgan fingerprint density at radius 1 is 1.55 bits per heavy atom. The average molecular weight is 281 g/mol. The lowest BCUT2D eigenvalue weighted by atomic mass is 10.1. The summed E-state index contributed by atoms with van der Waals surface area (Å²) >= 11 is 6.80. The first-order valence-corrected chi connectivity index (χ1v) is 4.84. The van der Waals surface area contributed by atoms with Crippen molar-refractivity contribution >= 4 is 45.3 Å². The first-order chi connectivity index (χ1) is 5.16. The van der Waals surface area contributed by atoms with Crippen molar-refractivity contribution in [1.29, 1.82) is 0 Å². The van der Waals surface area contributed by atoms with Gasteiger partial charge < -0.3 is 5.73 Å². The van der Waals surface area contributed by atoms with Crippen LogP contribution in [0.15, 0.2) is 9.08 Å². The van der Waals surface area contributed by atoms with E-state index in [2.05, 4.69) is 37.0 Å². The molecular formula is C5H8BBr2N3. The molecule has 1 rings (SSSR count). The molecule has 0 aliphatic heterocycles. The molecule has 0 saturated carbocycles. The maximum absolute atomic E-state index is 5.39. The fourth-order valence-corrected chi connectivity index (χ4v) is 1.63. The number of nitrogens with two attached hydrogens (primary N) is 1.